The van der Waals surface area contributed by atoms with Crippen molar-refractivity contribution in [3.63, 3.8) is 0 Å². The number of nitrogens with zero attached hydrogens (tertiary/aromatic N) is 2. The van der Waals surface area contributed by atoms with Gasteiger partial charge in [-0.25, -0.2) is 5.84 Å². The molecule has 2 aromatic rings. The Labute approximate surface area is 144 Å². The number of amidine groups is 1. The van der Waals surface area contributed by atoms with Gasteiger partial charge in [0.2, 0.25) is 0 Å². The average molecular weight is 346 g/mol. The van der Waals surface area contributed by atoms with E-state index in [2.05, 4.69) is 10.3 Å². The van der Waals surface area contributed by atoms with Gasteiger partial charge in [0.25, 0.3) is 0 Å². The second-order valence-electron chi connectivity index (χ2n) is 4.86. The van der Waals surface area contributed by atoms with Gasteiger partial charge in [-0.1, -0.05) is 41.6 Å². The van der Waals surface area contributed by atoms with Crippen LogP contribution in [-0.4, -0.2) is 12.9 Å². The van der Waals surface area contributed by atoms with E-state index in [9.17, 15) is 0 Å². The molecule has 0 atom stereocenters. The molecule has 3 rings (SSSR count). The molecule has 1 aliphatic heterocycles. The summed E-state index contributed by atoms with van der Waals surface area (Å²) in [5.41, 5.74) is 8.03. The van der Waals surface area contributed by atoms with Crippen LogP contribution in [0.5, 0.6) is 0 Å². The van der Waals surface area contributed by atoms with Crippen LogP contribution in [0.2, 0.25) is 5.02 Å². The molecular formula is C16H16ClN5S. The largest absolute Gasteiger partial charge is 0.390 e. The summed E-state index contributed by atoms with van der Waals surface area (Å²) < 4.78 is 0. The highest BCUT2D eigenvalue weighted by Gasteiger charge is 2.25. The Morgan fingerprint density at radius 1 is 1.22 bits per heavy atom. The van der Waals surface area contributed by atoms with E-state index in [-0.39, 0.29) is 0 Å². The molecule has 0 aromatic heterocycles. The summed E-state index contributed by atoms with van der Waals surface area (Å²) in [5, 5.41) is 5.93. The molecular weight excluding hydrogens is 330 g/mol. The number of halogens is 1. The molecule has 0 aliphatic carbocycles. The van der Waals surface area contributed by atoms with Crippen LogP contribution in [-0.2, 0) is 0 Å². The summed E-state index contributed by atoms with van der Waals surface area (Å²) >= 11 is 7.40. The van der Waals surface area contributed by atoms with Gasteiger partial charge in [0, 0.05) is 22.5 Å². The number of nitrogens with one attached hydrogen (secondary N) is 1. The van der Waals surface area contributed by atoms with Crippen LogP contribution in [0.4, 0.5) is 5.69 Å². The maximum Gasteiger partial charge on any atom is 0.157 e. The van der Waals surface area contributed by atoms with Gasteiger partial charge in [-0.05, 0) is 30.3 Å². The van der Waals surface area contributed by atoms with E-state index in [0.717, 1.165) is 22.0 Å². The van der Waals surface area contributed by atoms with Crippen molar-refractivity contribution in [2.24, 2.45) is 16.6 Å². The number of fused-ring (bicyclic) bond motifs is 1. The second kappa shape index (κ2) is 6.54. The Morgan fingerprint density at radius 2 is 2.00 bits per heavy atom. The van der Waals surface area contributed by atoms with E-state index in [1.807, 2.05) is 48.5 Å². The van der Waals surface area contributed by atoms with E-state index in [1.165, 1.54) is 16.8 Å². The van der Waals surface area contributed by atoms with Crippen molar-refractivity contribution in [3.8, 4) is 0 Å². The summed E-state index contributed by atoms with van der Waals surface area (Å²) in [6.45, 7) is 0. The molecule has 2 aromatic carbocycles. The predicted molar refractivity (Wildman–Crippen MR) is 97.2 cm³/mol. The lowest BCUT2D eigenvalue weighted by molar-refractivity contribution is 0.879. The Hall–Kier alpha value is -2.15. The van der Waals surface area contributed by atoms with Crippen molar-refractivity contribution in [1.29, 1.82) is 0 Å². The number of hydrazine groups is 1. The first-order valence-electron chi connectivity index (χ1n) is 6.91. The first kappa shape index (κ1) is 15.7. The number of rotatable bonds is 2. The number of thioether (sulfide) groups is 1. The molecule has 0 spiro atoms. The van der Waals surface area contributed by atoms with Crippen LogP contribution in [0.25, 0.3) is 0 Å². The van der Waals surface area contributed by atoms with Crippen molar-refractivity contribution in [2.45, 2.75) is 4.90 Å². The van der Waals surface area contributed by atoms with E-state index in [4.69, 9.17) is 23.2 Å². The molecule has 0 unspecified atom stereocenters. The summed E-state index contributed by atoms with van der Waals surface area (Å²) in [5.74, 6) is 7.55. The zero-order valence-electron chi connectivity index (χ0n) is 12.5. The van der Waals surface area contributed by atoms with Crippen LogP contribution in [0, 0.1) is 0 Å². The fraction of sp³-hybridized carbons (Fsp3) is 0.0625. The molecule has 0 saturated carbocycles. The molecule has 23 heavy (non-hydrogen) atoms. The lowest BCUT2D eigenvalue weighted by Gasteiger charge is -2.32. The Bertz CT molecular complexity index is 803. The Morgan fingerprint density at radius 3 is 2.74 bits per heavy atom. The van der Waals surface area contributed by atoms with Gasteiger partial charge in [0.15, 0.2) is 5.82 Å². The number of hydrogen-bond donors (Lipinski definition) is 3. The lowest BCUT2D eigenvalue weighted by Crippen LogP contribution is -2.46. The van der Waals surface area contributed by atoms with Crippen molar-refractivity contribution in [1.82, 2.24) is 5.32 Å². The summed E-state index contributed by atoms with van der Waals surface area (Å²) in [6.07, 6.45) is 0. The molecule has 0 amide bonds. The highest BCUT2D eigenvalue weighted by Crippen LogP contribution is 2.31. The standard InChI is InChI=1S/C16H16ClN5S/c1-20-15-12-7-2-3-8-13(12)22(19)16(21-15)14(18)23-11-6-4-5-10(17)9-11/h2-9H,18-19H2,1H3,(H,20,21)/b16-14+. The molecule has 5 N–H and O–H groups in total. The maximum atomic E-state index is 6.26. The van der Waals surface area contributed by atoms with Crippen LogP contribution in [0.1, 0.15) is 5.56 Å². The third kappa shape index (κ3) is 3.14. The van der Waals surface area contributed by atoms with Gasteiger partial charge in [0.1, 0.15) is 10.9 Å². The van der Waals surface area contributed by atoms with Gasteiger partial charge in [-0.3, -0.25) is 10.0 Å². The van der Waals surface area contributed by atoms with E-state index in [1.54, 1.807) is 7.05 Å². The number of aliphatic imine (C=N–C) groups is 1. The lowest BCUT2D eigenvalue weighted by atomic mass is 10.1. The van der Waals surface area contributed by atoms with Gasteiger partial charge in [0.05, 0.1) is 5.69 Å². The van der Waals surface area contributed by atoms with Crippen molar-refractivity contribution in [2.75, 3.05) is 12.1 Å². The monoisotopic (exact) mass is 345 g/mol. The van der Waals surface area contributed by atoms with Gasteiger partial charge < -0.3 is 11.1 Å². The average Bonchev–Trinajstić information content (AvgIpc) is 2.55. The smallest absolute Gasteiger partial charge is 0.157 e. The molecule has 0 fully saturated rings. The zero-order chi connectivity index (χ0) is 16.4. The number of benzene rings is 2. The molecule has 0 saturated heterocycles. The van der Waals surface area contributed by atoms with Crippen molar-refractivity contribution >= 4 is 34.9 Å². The van der Waals surface area contributed by atoms with Crippen LogP contribution < -0.4 is 21.9 Å². The molecule has 118 valence electrons. The van der Waals surface area contributed by atoms with Crippen LogP contribution >= 0.6 is 23.4 Å². The Kier molecular flexibility index (Phi) is 4.47. The molecule has 1 heterocycles. The fourth-order valence-electron chi connectivity index (χ4n) is 2.31. The predicted octanol–water partition coefficient (Wildman–Crippen LogP) is 2.88. The molecule has 1 aliphatic rings. The third-order valence-electron chi connectivity index (χ3n) is 3.38. The normalized spacial score (nSPS) is 17.7. The molecule has 0 radical (unpaired) electrons. The van der Waals surface area contributed by atoms with E-state index >= 15 is 0 Å². The first-order chi connectivity index (χ1) is 11.1. The highest BCUT2D eigenvalue weighted by atomic mass is 35.5. The van der Waals surface area contributed by atoms with E-state index in [0.29, 0.717) is 15.9 Å². The number of para-hydroxylation sites is 1. The summed E-state index contributed by atoms with van der Waals surface area (Å²) in [4.78, 5) is 5.22. The second-order valence-corrected chi connectivity index (χ2v) is 6.41. The zero-order valence-corrected chi connectivity index (χ0v) is 14.0. The summed E-state index contributed by atoms with van der Waals surface area (Å²) in [7, 11) is 1.73. The van der Waals surface area contributed by atoms with E-state index < -0.39 is 0 Å². The highest BCUT2D eigenvalue weighted by molar-refractivity contribution is 8.03. The Balaban J connectivity index is 1.99. The minimum atomic E-state index is 0.533. The third-order valence-corrected chi connectivity index (χ3v) is 4.52. The quantitative estimate of drug-likeness (QED) is 0.576. The first-order valence-corrected chi connectivity index (χ1v) is 8.11. The van der Waals surface area contributed by atoms with Crippen molar-refractivity contribution < 1.29 is 0 Å². The molecule has 7 heteroatoms. The van der Waals surface area contributed by atoms with Gasteiger partial charge in [-0.15, -0.1) is 0 Å². The number of nitrogens with two attached hydrogens (primary N) is 2. The maximum absolute atomic E-state index is 6.26. The fourth-order valence-corrected chi connectivity index (χ4v) is 3.39. The number of hydrogen-bond acceptors (Lipinski definition) is 5. The number of anilines is 1. The van der Waals surface area contributed by atoms with Crippen molar-refractivity contribution in [3.05, 3.63) is 70.0 Å². The van der Waals surface area contributed by atoms with Crippen LogP contribution in [0.3, 0.4) is 0 Å². The minimum Gasteiger partial charge on any atom is -0.390 e. The van der Waals surface area contributed by atoms with Crippen LogP contribution in [0.15, 0.2) is 69.3 Å². The van der Waals surface area contributed by atoms with Gasteiger partial charge in [-0.2, -0.15) is 0 Å². The molecule has 0 bridgehead atoms. The molecule has 5 nitrogen and oxygen atoms in total. The SMILES string of the molecule is CN=C1N/C(=C(/N)Sc2cccc(Cl)c2)N(N)c2ccccc21. The topological polar surface area (TPSA) is 79.7 Å². The van der Waals surface area contributed by atoms with Gasteiger partial charge >= 0.3 is 0 Å². The summed E-state index contributed by atoms with van der Waals surface area (Å²) in [6, 6.07) is 15.3. The minimum absolute atomic E-state index is 0.533.